The van der Waals surface area contributed by atoms with Crippen LogP contribution in [0.15, 0.2) is 30.3 Å². The van der Waals surface area contributed by atoms with Gasteiger partial charge in [-0.25, -0.2) is 0 Å². The quantitative estimate of drug-likeness (QED) is 0.458. The van der Waals surface area contributed by atoms with Crippen LogP contribution in [0.3, 0.4) is 0 Å². The Balaban J connectivity index is 1.87. The molecule has 1 aliphatic carbocycles. The zero-order chi connectivity index (χ0) is 22.7. The molecule has 0 bridgehead atoms. The number of hydrogen-bond donors (Lipinski definition) is 3. The molecule has 8 heteroatoms. The molecule has 172 valence electrons. The van der Waals surface area contributed by atoms with Crippen LogP contribution < -0.4 is 16.0 Å². The molecular formula is C23H35N3O4Se. The van der Waals surface area contributed by atoms with E-state index in [2.05, 4.69) is 28.1 Å². The standard InChI is InChI=1S/C23H35N3O4Se/c1-23(2,3)30-22(29)24-14-20(27)26-19(16-31-15-17-10-6-4-7-11-17)21(28)25-18-12-8-5-9-13-18/h4,6-7,10-11,18-19H,5,8-9,12-16H2,1-3H3,(H,24,29)(H,25,28)(H,26,27). The van der Waals surface area contributed by atoms with E-state index in [0.717, 1.165) is 31.0 Å². The number of benzene rings is 1. The molecular weight excluding hydrogens is 461 g/mol. The summed E-state index contributed by atoms with van der Waals surface area (Å²) in [5.41, 5.74) is 0.593. The van der Waals surface area contributed by atoms with Gasteiger partial charge in [0.25, 0.3) is 0 Å². The molecule has 31 heavy (non-hydrogen) atoms. The maximum absolute atomic E-state index is 12.9. The fourth-order valence-electron chi connectivity index (χ4n) is 3.31. The Hall–Kier alpha value is -2.05. The van der Waals surface area contributed by atoms with Crippen LogP contribution in [0.2, 0.25) is 5.32 Å². The van der Waals surface area contributed by atoms with Crippen LogP contribution in [0, 0.1) is 0 Å². The molecule has 1 atom stereocenters. The Morgan fingerprint density at radius 2 is 1.77 bits per heavy atom. The summed E-state index contributed by atoms with van der Waals surface area (Å²) in [5.74, 6) is -0.530. The summed E-state index contributed by atoms with van der Waals surface area (Å²) in [4.78, 5) is 37.1. The normalized spacial score (nSPS) is 15.6. The molecule has 3 amide bonds. The summed E-state index contributed by atoms with van der Waals surface area (Å²) >= 11 is 0.155. The van der Waals surface area contributed by atoms with E-state index >= 15 is 0 Å². The topological polar surface area (TPSA) is 96.5 Å². The van der Waals surface area contributed by atoms with Gasteiger partial charge < -0.3 is 0 Å². The van der Waals surface area contributed by atoms with E-state index in [1.807, 2.05) is 18.2 Å². The number of carbonyl (C=O) groups excluding carboxylic acids is 3. The van der Waals surface area contributed by atoms with Crippen molar-refractivity contribution in [3.8, 4) is 0 Å². The summed E-state index contributed by atoms with van der Waals surface area (Å²) in [6, 6.07) is 9.71. The van der Waals surface area contributed by atoms with Crippen molar-refractivity contribution in [1.82, 2.24) is 16.0 Å². The Labute approximate surface area is 191 Å². The van der Waals surface area contributed by atoms with Crippen molar-refractivity contribution in [2.45, 2.75) is 81.2 Å². The number of nitrogens with one attached hydrogen (secondary N) is 3. The number of ether oxygens (including phenoxy) is 1. The van der Waals surface area contributed by atoms with Crippen LogP contribution in [-0.2, 0) is 19.6 Å². The third-order valence-corrected chi connectivity index (χ3v) is 7.11. The van der Waals surface area contributed by atoms with Crippen LogP contribution in [0.5, 0.6) is 0 Å². The monoisotopic (exact) mass is 497 g/mol. The first kappa shape index (κ1) is 25.2. The van der Waals surface area contributed by atoms with Gasteiger partial charge in [-0.3, -0.25) is 0 Å². The third-order valence-electron chi connectivity index (χ3n) is 4.79. The summed E-state index contributed by atoms with van der Waals surface area (Å²) in [7, 11) is 0. The third kappa shape index (κ3) is 10.7. The van der Waals surface area contributed by atoms with Crippen molar-refractivity contribution in [1.29, 1.82) is 0 Å². The Bertz CT molecular complexity index is 715. The zero-order valence-electron chi connectivity index (χ0n) is 18.7. The van der Waals surface area contributed by atoms with Gasteiger partial charge in [0, 0.05) is 0 Å². The van der Waals surface area contributed by atoms with Crippen molar-refractivity contribution in [3.63, 3.8) is 0 Å². The molecule has 3 N–H and O–H groups in total. The molecule has 7 nitrogen and oxygen atoms in total. The number of amides is 3. The summed E-state index contributed by atoms with van der Waals surface area (Å²) in [6.45, 7) is 5.04. The van der Waals surface area contributed by atoms with E-state index in [-0.39, 0.29) is 33.5 Å². The predicted octanol–water partition coefficient (Wildman–Crippen LogP) is 2.77. The zero-order valence-corrected chi connectivity index (χ0v) is 20.5. The first-order chi connectivity index (χ1) is 14.7. The molecule has 1 saturated carbocycles. The van der Waals surface area contributed by atoms with Crippen molar-refractivity contribution in [3.05, 3.63) is 35.9 Å². The van der Waals surface area contributed by atoms with Crippen LogP contribution in [0.4, 0.5) is 4.79 Å². The summed E-state index contributed by atoms with van der Waals surface area (Å²) in [6.07, 6.45) is 4.78. The molecule has 1 aromatic rings. The second-order valence-electron chi connectivity index (χ2n) is 8.82. The van der Waals surface area contributed by atoms with E-state index in [1.165, 1.54) is 12.0 Å². The number of hydrogen-bond acceptors (Lipinski definition) is 4. The Kier molecular flexibility index (Phi) is 10.3. The van der Waals surface area contributed by atoms with Gasteiger partial charge in [0.15, 0.2) is 0 Å². The van der Waals surface area contributed by atoms with Crippen LogP contribution in [0.25, 0.3) is 0 Å². The Morgan fingerprint density at radius 3 is 2.42 bits per heavy atom. The SMILES string of the molecule is CC(C)(C)OC(=O)NCC(=O)NC(C[Se]Cc1ccccc1)C(=O)NC1CCCCC1. The van der Waals surface area contributed by atoms with Gasteiger partial charge in [-0.2, -0.15) is 0 Å². The molecule has 1 aromatic carbocycles. The maximum atomic E-state index is 12.9. The second kappa shape index (κ2) is 12.7. The van der Waals surface area contributed by atoms with Crippen LogP contribution in [0.1, 0.15) is 58.4 Å². The molecule has 1 unspecified atom stereocenters. The van der Waals surface area contributed by atoms with Gasteiger partial charge in [-0.15, -0.1) is 0 Å². The second-order valence-corrected chi connectivity index (χ2v) is 11.0. The fraction of sp³-hybridized carbons (Fsp3) is 0.609. The average Bonchev–Trinajstić information content (AvgIpc) is 2.72. The van der Waals surface area contributed by atoms with Crippen LogP contribution >= 0.6 is 0 Å². The number of alkyl carbamates (subject to hydrolysis) is 1. The number of carbonyl (C=O) groups is 3. The van der Waals surface area contributed by atoms with E-state index in [4.69, 9.17) is 4.74 Å². The van der Waals surface area contributed by atoms with Crippen molar-refractivity contribution in [2.75, 3.05) is 6.54 Å². The van der Waals surface area contributed by atoms with E-state index in [0.29, 0.717) is 5.32 Å². The van der Waals surface area contributed by atoms with Gasteiger partial charge in [-0.05, 0) is 0 Å². The molecule has 0 radical (unpaired) electrons. The molecule has 2 rings (SSSR count). The molecule has 0 heterocycles. The van der Waals surface area contributed by atoms with Gasteiger partial charge >= 0.3 is 192 Å². The summed E-state index contributed by atoms with van der Waals surface area (Å²) in [5, 5.41) is 9.86. The fourth-order valence-corrected chi connectivity index (χ4v) is 5.44. The van der Waals surface area contributed by atoms with Gasteiger partial charge in [-0.1, -0.05) is 0 Å². The van der Waals surface area contributed by atoms with Gasteiger partial charge in [0.05, 0.1) is 0 Å². The number of rotatable bonds is 9. The van der Waals surface area contributed by atoms with Crippen LogP contribution in [-0.4, -0.2) is 57.1 Å². The summed E-state index contributed by atoms with van der Waals surface area (Å²) < 4.78 is 5.15. The van der Waals surface area contributed by atoms with Gasteiger partial charge in [0.2, 0.25) is 0 Å². The van der Waals surface area contributed by atoms with Gasteiger partial charge in [0.1, 0.15) is 0 Å². The first-order valence-electron chi connectivity index (χ1n) is 10.9. The molecule has 0 aliphatic heterocycles. The Morgan fingerprint density at radius 1 is 1.10 bits per heavy atom. The minimum absolute atomic E-state index is 0.132. The van der Waals surface area contributed by atoms with Crippen molar-refractivity contribution in [2.24, 2.45) is 0 Å². The predicted molar refractivity (Wildman–Crippen MR) is 122 cm³/mol. The molecule has 0 spiro atoms. The molecule has 0 saturated heterocycles. The van der Waals surface area contributed by atoms with Crippen molar-refractivity contribution >= 4 is 32.9 Å². The molecule has 0 aromatic heterocycles. The van der Waals surface area contributed by atoms with E-state index in [9.17, 15) is 14.4 Å². The van der Waals surface area contributed by atoms with Crippen molar-refractivity contribution < 1.29 is 19.1 Å². The molecule has 1 aliphatic rings. The molecule has 1 fully saturated rings. The van der Waals surface area contributed by atoms with E-state index in [1.54, 1.807) is 20.8 Å². The van der Waals surface area contributed by atoms with E-state index < -0.39 is 23.6 Å². The average molecular weight is 497 g/mol. The first-order valence-corrected chi connectivity index (χ1v) is 13.3. The minimum atomic E-state index is -0.654.